The summed E-state index contributed by atoms with van der Waals surface area (Å²) in [6.07, 6.45) is 0.527. The molecule has 0 heterocycles. The SMILES string of the molecule is CC(C)(N)CCC(=O)Nc1cc(F)ccc1[N+](=O)[O-]. The highest BCUT2D eigenvalue weighted by molar-refractivity contribution is 5.93. The lowest BCUT2D eigenvalue weighted by Gasteiger charge is -2.17. The summed E-state index contributed by atoms with van der Waals surface area (Å²) in [6.45, 7) is 3.54. The largest absolute Gasteiger partial charge is 0.326 e. The third-order valence-electron chi connectivity index (χ3n) is 2.43. The van der Waals surface area contributed by atoms with Crippen LogP contribution in [0.2, 0.25) is 0 Å². The van der Waals surface area contributed by atoms with Gasteiger partial charge in [-0.1, -0.05) is 0 Å². The second-order valence-electron chi connectivity index (χ2n) is 4.96. The number of benzene rings is 1. The Morgan fingerprint density at radius 2 is 2.16 bits per heavy atom. The number of hydrogen-bond donors (Lipinski definition) is 2. The van der Waals surface area contributed by atoms with Gasteiger partial charge in [0.05, 0.1) is 4.92 Å². The van der Waals surface area contributed by atoms with Gasteiger partial charge in [0.25, 0.3) is 5.69 Å². The van der Waals surface area contributed by atoms with Crippen LogP contribution in [0, 0.1) is 15.9 Å². The van der Waals surface area contributed by atoms with Crippen LogP contribution in [0.1, 0.15) is 26.7 Å². The molecule has 0 fully saturated rings. The maximum atomic E-state index is 13.0. The van der Waals surface area contributed by atoms with E-state index < -0.39 is 22.2 Å². The Morgan fingerprint density at radius 1 is 1.53 bits per heavy atom. The van der Waals surface area contributed by atoms with Crippen LogP contribution in [0.25, 0.3) is 0 Å². The Balaban J connectivity index is 2.78. The highest BCUT2D eigenvalue weighted by atomic mass is 19.1. The van der Waals surface area contributed by atoms with E-state index in [0.29, 0.717) is 6.42 Å². The lowest BCUT2D eigenvalue weighted by Crippen LogP contribution is -2.33. The molecule has 0 unspecified atom stereocenters. The Hall–Kier alpha value is -2.02. The Morgan fingerprint density at radius 3 is 2.68 bits per heavy atom. The van der Waals surface area contributed by atoms with Crippen molar-refractivity contribution in [2.45, 2.75) is 32.2 Å². The first-order valence-electron chi connectivity index (χ1n) is 5.72. The van der Waals surface area contributed by atoms with E-state index in [1.807, 2.05) is 0 Å². The van der Waals surface area contributed by atoms with Gasteiger partial charge in [-0.2, -0.15) is 0 Å². The fraction of sp³-hybridized carbons (Fsp3) is 0.417. The number of nitrogens with one attached hydrogen (secondary N) is 1. The summed E-state index contributed by atoms with van der Waals surface area (Å²) < 4.78 is 13.0. The predicted molar refractivity (Wildman–Crippen MR) is 69.2 cm³/mol. The van der Waals surface area contributed by atoms with E-state index in [0.717, 1.165) is 18.2 Å². The van der Waals surface area contributed by atoms with E-state index in [1.165, 1.54) is 0 Å². The molecule has 1 aromatic rings. The normalized spacial score (nSPS) is 11.2. The molecule has 0 aliphatic heterocycles. The molecule has 1 aromatic carbocycles. The summed E-state index contributed by atoms with van der Waals surface area (Å²) in [5.41, 5.74) is 4.73. The zero-order valence-corrected chi connectivity index (χ0v) is 10.8. The van der Waals surface area contributed by atoms with Gasteiger partial charge in [-0.05, 0) is 26.3 Å². The molecule has 0 atom stereocenters. The molecule has 1 rings (SSSR count). The van der Waals surface area contributed by atoms with E-state index in [1.54, 1.807) is 13.8 Å². The van der Waals surface area contributed by atoms with Crippen molar-refractivity contribution in [3.05, 3.63) is 34.1 Å². The van der Waals surface area contributed by atoms with Gasteiger partial charge in [-0.25, -0.2) is 4.39 Å². The second kappa shape index (κ2) is 5.75. The van der Waals surface area contributed by atoms with E-state index in [-0.39, 0.29) is 17.8 Å². The number of amides is 1. The van der Waals surface area contributed by atoms with Crippen LogP contribution in [-0.4, -0.2) is 16.4 Å². The van der Waals surface area contributed by atoms with Gasteiger partial charge in [0.2, 0.25) is 5.91 Å². The fourth-order valence-corrected chi connectivity index (χ4v) is 1.42. The van der Waals surface area contributed by atoms with Crippen LogP contribution in [-0.2, 0) is 4.79 Å². The second-order valence-corrected chi connectivity index (χ2v) is 4.96. The minimum atomic E-state index is -0.679. The number of carbonyl (C=O) groups excluding carboxylic acids is 1. The quantitative estimate of drug-likeness (QED) is 0.632. The molecule has 0 bridgehead atoms. The van der Waals surface area contributed by atoms with Crippen molar-refractivity contribution in [3.63, 3.8) is 0 Å². The molecule has 104 valence electrons. The molecule has 0 spiro atoms. The van der Waals surface area contributed by atoms with Crippen LogP contribution in [0.3, 0.4) is 0 Å². The minimum absolute atomic E-state index is 0.108. The van der Waals surface area contributed by atoms with Gasteiger partial charge >= 0.3 is 0 Å². The van der Waals surface area contributed by atoms with Crippen LogP contribution in [0.15, 0.2) is 18.2 Å². The smallest absolute Gasteiger partial charge is 0.292 e. The molecular weight excluding hydrogens is 253 g/mol. The number of rotatable bonds is 5. The third-order valence-corrected chi connectivity index (χ3v) is 2.43. The molecule has 19 heavy (non-hydrogen) atoms. The zero-order valence-electron chi connectivity index (χ0n) is 10.8. The van der Waals surface area contributed by atoms with E-state index >= 15 is 0 Å². The molecule has 3 N–H and O–H groups in total. The number of nitrogens with zero attached hydrogens (tertiary/aromatic N) is 1. The lowest BCUT2D eigenvalue weighted by atomic mass is 10.00. The standard InChI is InChI=1S/C12H16FN3O3/c1-12(2,14)6-5-11(17)15-9-7-8(13)3-4-10(9)16(18)19/h3-4,7H,5-6,14H2,1-2H3,(H,15,17). The van der Waals surface area contributed by atoms with E-state index in [9.17, 15) is 19.3 Å². The van der Waals surface area contributed by atoms with Crippen molar-refractivity contribution < 1.29 is 14.1 Å². The molecule has 0 saturated carbocycles. The van der Waals surface area contributed by atoms with Crippen LogP contribution in [0.4, 0.5) is 15.8 Å². The molecule has 0 saturated heterocycles. The van der Waals surface area contributed by atoms with Crippen LogP contribution < -0.4 is 11.1 Å². The monoisotopic (exact) mass is 269 g/mol. The number of nitro benzene ring substituents is 1. The maximum Gasteiger partial charge on any atom is 0.292 e. The number of nitrogens with two attached hydrogens (primary N) is 1. The molecule has 0 aromatic heterocycles. The third kappa shape index (κ3) is 5.01. The Labute approximate surface area is 109 Å². The lowest BCUT2D eigenvalue weighted by molar-refractivity contribution is -0.384. The molecule has 7 heteroatoms. The van der Waals surface area contributed by atoms with Crippen molar-refractivity contribution in [2.75, 3.05) is 5.32 Å². The molecular formula is C12H16FN3O3. The van der Waals surface area contributed by atoms with Crippen molar-refractivity contribution in [1.29, 1.82) is 0 Å². The molecule has 1 amide bonds. The van der Waals surface area contributed by atoms with Crippen molar-refractivity contribution in [3.8, 4) is 0 Å². The van der Waals surface area contributed by atoms with Crippen molar-refractivity contribution in [1.82, 2.24) is 0 Å². The first kappa shape index (κ1) is 15.0. The van der Waals surface area contributed by atoms with Crippen molar-refractivity contribution >= 4 is 17.3 Å². The highest BCUT2D eigenvalue weighted by Gasteiger charge is 2.18. The number of anilines is 1. The first-order chi connectivity index (χ1) is 8.69. The summed E-state index contributed by atoms with van der Waals surface area (Å²) in [6, 6.07) is 2.90. The molecule has 0 aliphatic rings. The van der Waals surface area contributed by atoms with Crippen LogP contribution in [0.5, 0.6) is 0 Å². The Kier molecular flexibility index (Phi) is 4.55. The minimum Gasteiger partial charge on any atom is -0.326 e. The fourth-order valence-electron chi connectivity index (χ4n) is 1.42. The number of nitro groups is 1. The maximum absolute atomic E-state index is 13.0. The van der Waals surface area contributed by atoms with E-state index in [2.05, 4.69) is 5.32 Å². The van der Waals surface area contributed by atoms with Crippen LogP contribution >= 0.6 is 0 Å². The van der Waals surface area contributed by atoms with Gasteiger partial charge in [0.1, 0.15) is 11.5 Å². The average Bonchev–Trinajstić information content (AvgIpc) is 2.25. The first-order valence-corrected chi connectivity index (χ1v) is 5.72. The summed E-state index contributed by atoms with van der Waals surface area (Å²) in [7, 11) is 0. The summed E-state index contributed by atoms with van der Waals surface area (Å²) in [5.74, 6) is -1.09. The highest BCUT2D eigenvalue weighted by Crippen LogP contribution is 2.25. The molecule has 0 aliphatic carbocycles. The van der Waals surface area contributed by atoms with Gasteiger partial charge < -0.3 is 11.1 Å². The molecule has 0 radical (unpaired) electrons. The summed E-state index contributed by atoms with van der Waals surface area (Å²) in [4.78, 5) is 21.7. The molecule has 6 nitrogen and oxygen atoms in total. The topological polar surface area (TPSA) is 98.3 Å². The van der Waals surface area contributed by atoms with Gasteiger partial charge in [0.15, 0.2) is 0 Å². The predicted octanol–water partition coefficient (Wildman–Crippen LogP) is 2.19. The van der Waals surface area contributed by atoms with Gasteiger partial charge in [0, 0.05) is 24.1 Å². The van der Waals surface area contributed by atoms with Gasteiger partial charge in [-0.15, -0.1) is 0 Å². The zero-order chi connectivity index (χ0) is 14.6. The summed E-state index contributed by atoms with van der Waals surface area (Å²) in [5, 5.41) is 13.1. The average molecular weight is 269 g/mol. The number of hydrogen-bond acceptors (Lipinski definition) is 4. The van der Waals surface area contributed by atoms with E-state index in [4.69, 9.17) is 5.73 Å². The Bertz CT molecular complexity index is 497. The number of halogens is 1. The van der Waals surface area contributed by atoms with Crippen molar-refractivity contribution in [2.24, 2.45) is 5.73 Å². The summed E-state index contributed by atoms with van der Waals surface area (Å²) >= 11 is 0. The number of carbonyl (C=O) groups is 1. The van der Waals surface area contributed by atoms with Gasteiger partial charge in [-0.3, -0.25) is 14.9 Å².